The van der Waals surface area contributed by atoms with E-state index in [0.717, 1.165) is 18.5 Å². The van der Waals surface area contributed by atoms with Crippen LogP contribution in [0.15, 0.2) is 55.1 Å². The number of hydrogen-bond donors (Lipinski definition) is 2. The van der Waals surface area contributed by atoms with Crippen molar-refractivity contribution >= 4 is 17.4 Å². The SMILES string of the molecule is O=C(NNc1ncnc(Oc2cccnc2)c1[N+](=O)[O-])c1ccc(F)cc1. The molecule has 0 radical (unpaired) electrons. The van der Waals surface area contributed by atoms with Crippen LogP contribution in [0.1, 0.15) is 10.4 Å². The molecule has 0 saturated heterocycles. The van der Waals surface area contributed by atoms with Crippen LogP contribution in [0.4, 0.5) is 15.9 Å². The maximum absolute atomic E-state index is 12.9. The number of hydrogen-bond acceptors (Lipinski definition) is 8. The number of amides is 1. The zero-order chi connectivity index (χ0) is 19.2. The van der Waals surface area contributed by atoms with Gasteiger partial charge in [0.15, 0.2) is 0 Å². The largest absolute Gasteiger partial charge is 0.432 e. The number of rotatable bonds is 6. The molecule has 11 heteroatoms. The highest BCUT2D eigenvalue weighted by Gasteiger charge is 2.25. The molecule has 0 spiro atoms. The van der Waals surface area contributed by atoms with E-state index in [0.29, 0.717) is 0 Å². The topological polar surface area (TPSA) is 132 Å². The van der Waals surface area contributed by atoms with E-state index in [1.165, 1.54) is 24.5 Å². The van der Waals surface area contributed by atoms with Crippen molar-refractivity contribution in [1.82, 2.24) is 20.4 Å². The molecular weight excluding hydrogens is 359 g/mol. The van der Waals surface area contributed by atoms with Gasteiger partial charge in [-0.05, 0) is 36.4 Å². The summed E-state index contributed by atoms with van der Waals surface area (Å²) in [5.74, 6) is -1.52. The van der Waals surface area contributed by atoms with Crippen LogP contribution in [0.2, 0.25) is 0 Å². The smallest absolute Gasteiger partial charge is 0.374 e. The van der Waals surface area contributed by atoms with E-state index in [9.17, 15) is 19.3 Å². The number of benzene rings is 1. The van der Waals surface area contributed by atoms with E-state index < -0.39 is 22.3 Å². The quantitative estimate of drug-likeness (QED) is 0.499. The number of hydrazine groups is 1. The molecule has 0 aliphatic carbocycles. The van der Waals surface area contributed by atoms with Crippen LogP contribution < -0.4 is 15.6 Å². The second kappa shape index (κ2) is 7.82. The number of nitro groups is 1. The molecule has 0 atom stereocenters. The van der Waals surface area contributed by atoms with Gasteiger partial charge in [0.05, 0.1) is 11.1 Å². The first-order valence-electron chi connectivity index (χ1n) is 7.44. The summed E-state index contributed by atoms with van der Waals surface area (Å²) >= 11 is 0. The normalized spacial score (nSPS) is 10.1. The predicted octanol–water partition coefficient (Wildman–Crippen LogP) is 2.47. The van der Waals surface area contributed by atoms with Gasteiger partial charge in [-0.1, -0.05) is 0 Å². The Morgan fingerprint density at radius 3 is 2.63 bits per heavy atom. The minimum absolute atomic E-state index is 0.146. The van der Waals surface area contributed by atoms with Crippen molar-refractivity contribution in [3.05, 3.63) is 76.6 Å². The van der Waals surface area contributed by atoms with Crippen molar-refractivity contribution in [2.75, 3.05) is 5.43 Å². The number of aromatic nitrogens is 3. The lowest BCUT2D eigenvalue weighted by Gasteiger charge is -2.10. The van der Waals surface area contributed by atoms with Crippen LogP contribution >= 0.6 is 0 Å². The molecule has 2 N–H and O–H groups in total. The minimum atomic E-state index is -0.752. The number of anilines is 1. The van der Waals surface area contributed by atoms with Crippen molar-refractivity contribution in [2.24, 2.45) is 0 Å². The first kappa shape index (κ1) is 17.7. The summed E-state index contributed by atoms with van der Waals surface area (Å²) in [6.45, 7) is 0. The molecule has 2 heterocycles. The maximum Gasteiger partial charge on any atom is 0.374 e. The highest BCUT2D eigenvalue weighted by atomic mass is 19.1. The fraction of sp³-hybridized carbons (Fsp3) is 0. The molecule has 0 aliphatic rings. The number of carbonyl (C=O) groups excluding carboxylic acids is 1. The van der Waals surface area contributed by atoms with Gasteiger partial charge in [0.2, 0.25) is 5.82 Å². The van der Waals surface area contributed by atoms with Crippen LogP contribution in [0.5, 0.6) is 11.6 Å². The lowest BCUT2D eigenvalue weighted by molar-refractivity contribution is -0.385. The predicted molar refractivity (Wildman–Crippen MR) is 90.5 cm³/mol. The molecule has 3 rings (SSSR count). The van der Waals surface area contributed by atoms with Crippen molar-refractivity contribution in [2.45, 2.75) is 0 Å². The Labute approximate surface area is 151 Å². The number of nitrogens with zero attached hydrogens (tertiary/aromatic N) is 4. The van der Waals surface area contributed by atoms with Crippen molar-refractivity contribution in [1.29, 1.82) is 0 Å². The molecular formula is C16H11FN6O4. The van der Waals surface area contributed by atoms with Gasteiger partial charge in [0.1, 0.15) is 17.9 Å². The first-order chi connectivity index (χ1) is 13.0. The number of carbonyl (C=O) groups is 1. The van der Waals surface area contributed by atoms with Gasteiger partial charge in [-0.25, -0.2) is 9.37 Å². The highest BCUT2D eigenvalue weighted by molar-refractivity contribution is 5.94. The second-order valence-electron chi connectivity index (χ2n) is 5.01. The third kappa shape index (κ3) is 4.28. The fourth-order valence-corrected chi connectivity index (χ4v) is 2.00. The molecule has 3 aromatic rings. The number of halogens is 1. The van der Waals surface area contributed by atoms with Crippen LogP contribution in [-0.4, -0.2) is 25.8 Å². The Kier molecular flexibility index (Phi) is 5.12. The molecule has 0 aliphatic heterocycles. The molecule has 1 aromatic carbocycles. The Morgan fingerprint density at radius 2 is 1.96 bits per heavy atom. The third-order valence-electron chi connectivity index (χ3n) is 3.22. The van der Waals surface area contributed by atoms with Crippen LogP contribution in [-0.2, 0) is 0 Å². The van der Waals surface area contributed by atoms with Crippen molar-refractivity contribution < 1.29 is 18.8 Å². The molecule has 10 nitrogen and oxygen atoms in total. The summed E-state index contributed by atoms with van der Waals surface area (Å²) < 4.78 is 18.3. The zero-order valence-corrected chi connectivity index (χ0v) is 13.5. The van der Waals surface area contributed by atoms with E-state index in [-0.39, 0.29) is 23.0 Å². The molecule has 0 fully saturated rings. The van der Waals surface area contributed by atoms with E-state index in [4.69, 9.17) is 4.74 Å². The summed E-state index contributed by atoms with van der Waals surface area (Å²) in [4.78, 5) is 34.0. The van der Waals surface area contributed by atoms with Crippen molar-refractivity contribution in [3.8, 4) is 11.6 Å². The van der Waals surface area contributed by atoms with Gasteiger partial charge in [0.25, 0.3) is 5.91 Å². The Hall–Kier alpha value is -4.15. The molecule has 27 heavy (non-hydrogen) atoms. The van der Waals surface area contributed by atoms with Gasteiger partial charge in [-0.3, -0.25) is 30.7 Å². The average Bonchev–Trinajstić information content (AvgIpc) is 2.67. The molecule has 1 amide bonds. The van der Waals surface area contributed by atoms with Gasteiger partial charge in [-0.2, -0.15) is 4.98 Å². The van der Waals surface area contributed by atoms with Gasteiger partial charge in [0, 0.05) is 11.8 Å². The average molecular weight is 370 g/mol. The summed E-state index contributed by atoms with van der Waals surface area (Å²) in [5, 5.41) is 11.4. The number of pyridine rings is 1. The summed E-state index contributed by atoms with van der Waals surface area (Å²) in [6.07, 6.45) is 3.90. The highest BCUT2D eigenvalue weighted by Crippen LogP contribution is 2.33. The van der Waals surface area contributed by atoms with Crippen LogP contribution in [0.25, 0.3) is 0 Å². The molecule has 0 bridgehead atoms. The van der Waals surface area contributed by atoms with E-state index in [2.05, 4.69) is 25.8 Å². The van der Waals surface area contributed by atoms with Gasteiger partial charge in [-0.15, -0.1) is 0 Å². The van der Waals surface area contributed by atoms with E-state index >= 15 is 0 Å². The second-order valence-corrected chi connectivity index (χ2v) is 5.01. The minimum Gasteiger partial charge on any atom is -0.432 e. The standard InChI is InChI=1S/C16H11FN6O4/c17-11-5-3-10(4-6-11)15(24)22-21-14-13(23(25)26)16(20-9-19-14)27-12-2-1-7-18-8-12/h1-9H,(H,22,24)(H,19,20,21). The monoisotopic (exact) mass is 370 g/mol. The first-order valence-corrected chi connectivity index (χ1v) is 7.44. The van der Waals surface area contributed by atoms with E-state index in [1.807, 2.05) is 0 Å². The van der Waals surface area contributed by atoms with E-state index in [1.54, 1.807) is 12.1 Å². The van der Waals surface area contributed by atoms with Crippen molar-refractivity contribution in [3.63, 3.8) is 0 Å². The lowest BCUT2D eigenvalue weighted by Crippen LogP contribution is -2.30. The number of ether oxygens (including phenoxy) is 1. The molecule has 136 valence electrons. The fourth-order valence-electron chi connectivity index (χ4n) is 2.00. The number of nitrogens with one attached hydrogen (secondary N) is 2. The summed E-state index contributed by atoms with van der Waals surface area (Å²) in [6, 6.07) is 7.88. The molecule has 0 unspecified atom stereocenters. The Balaban J connectivity index is 1.80. The van der Waals surface area contributed by atoms with Gasteiger partial charge < -0.3 is 4.74 Å². The van der Waals surface area contributed by atoms with Crippen LogP contribution in [0, 0.1) is 15.9 Å². The third-order valence-corrected chi connectivity index (χ3v) is 3.22. The molecule has 2 aromatic heterocycles. The zero-order valence-electron chi connectivity index (χ0n) is 13.5. The summed E-state index contributed by atoms with van der Waals surface area (Å²) in [7, 11) is 0. The molecule has 0 saturated carbocycles. The lowest BCUT2D eigenvalue weighted by atomic mass is 10.2. The maximum atomic E-state index is 12.9. The Morgan fingerprint density at radius 1 is 1.19 bits per heavy atom. The summed E-state index contributed by atoms with van der Waals surface area (Å²) in [5.41, 5.74) is 4.16. The van der Waals surface area contributed by atoms with Crippen LogP contribution in [0.3, 0.4) is 0 Å². The Bertz CT molecular complexity index is 968. The van der Waals surface area contributed by atoms with Gasteiger partial charge >= 0.3 is 11.6 Å².